The predicted molar refractivity (Wildman–Crippen MR) is 114 cm³/mol. The average Bonchev–Trinajstić information content (AvgIpc) is 3.21. The first-order valence-corrected chi connectivity index (χ1v) is 11.3. The maximum atomic E-state index is 14.5. The molecule has 0 amide bonds. The van der Waals surface area contributed by atoms with Crippen molar-refractivity contribution in [1.82, 2.24) is 9.88 Å². The highest BCUT2D eigenvalue weighted by molar-refractivity contribution is 8.00. The van der Waals surface area contributed by atoms with Gasteiger partial charge in [-0.05, 0) is 49.7 Å². The van der Waals surface area contributed by atoms with Crippen LogP contribution in [0.25, 0.3) is 0 Å². The minimum atomic E-state index is -0.567. The molecule has 0 unspecified atom stereocenters. The van der Waals surface area contributed by atoms with Crippen LogP contribution in [0.1, 0.15) is 17.5 Å². The molecule has 1 aromatic heterocycles. The lowest BCUT2D eigenvalue weighted by molar-refractivity contribution is 0.168. The van der Waals surface area contributed by atoms with Crippen molar-refractivity contribution in [2.75, 3.05) is 17.8 Å². The van der Waals surface area contributed by atoms with Gasteiger partial charge in [0.1, 0.15) is 35.6 Å². The van der Waals surface area contributed by atoms with Gasteiger partial charge in [0, 0.05) is 29.1 Å². The second-order valence-corrected chi connectivity index (χ2v) is 8.67. The summed E-state index contributed by atoms with van der Waals surface area (Å²) in [6, 6.07) is 4.74. The minimum Gasteiger partial charge on any atom is -0.487 e. The first-order valence-electron chi connectivity index (χ1n) is 9.12. The molecule has 0 saturated carbocycles. The molecule has 2 heterocycles. The van der Waals surface area contributed by atoms with Crippen LogP contribution in [0, 0.1) is 17.5 Å². The third-order valence-corrected chi connectivity index (χ3v) is 6.43. The Labute approximate surface area is 185 Å². The minimum absolute atomic E-state index is 0.0609. The largest absolute Gasteiger partial charge is 0.487 e. The molecular weight excluding hydrogens is 455 g/mol. The van der Waals surface area contributed by atoms with E-state index in [-0.39, 0.29) is 33.4 Å². The van der Waals surface area contributed by atoms with Crippen LogP contribution in [0.4, 0.5) is 19.0 Å². The highest BCUT2D eigenvalue weighted by Crippen LogP contribution is 2.34. The highest BCUT2D eigenvalue weighted by atomic mass is 35.5. The number of halogens is 4. The molecular formula is C20H17ClF3N3OS2. The zero-order valence-corrected chi connectivity index (χ0v) is 18.0. The number of hydrogen-bond donors (Lipinski definition) is 1. The smallest absolute Gasteiger partial charge is 0.147 e. The molecule has 1 aliphatic rings. The molecule has 0 radical (unpaired) electrons. The maximum absolute atomic E-state index is 14.5. The lowest BCUT2D eigenvalue weighted by Crippen LogP contribution is -2.37. The molecule has 0 aliphatic carbocycles. The predicted octanol–water partition coefficient (Wildman–Crippen LogP) is 6.12. The van der Waals surface area contributed by atoms with Crippen LogP contribution in [0.15, 0.2) is 40.1 Å². The van der Waals surface area contributed by atoms with Crippen LogP contribution in [0.2, 0.25) is 5.02 Å². The van der Waals surface area contributed by atoms with E-state index in [4.69, 9.17) is 16.3 Å². The molecule has 1 aliphatic heterocycles. The number of benzene rings is 2. The summed E-state index contributed by atoms with van der Waals surface area (Å²) >= 11 is 8.68. The Morgan fingerprint density at radius 3 is 2.57 bits per heavy atom. The molecule has 0 bridgehead atoms. The van der Waals surface area contributed by atoms with Crippen molar-refractivity contribution in [3.63, 3.8) is 0 Å². The summed E-state index contributed by atoms with van der Waals surface area (Å²) in [4.78, 5) is 6.34. The number of aromatic nitrogens is 1. The van der Waals surface area contributed by atoms with E-state index < -0.39 is 17.5 Å². The molecule has 1 fully saturated rings. The van der Waals surface area contributed by atoms with Crippen molar-refractivity contribution in [3.05, 3.63) is 68.8 Å². The van der Waals surface area contributed by atoms with Crippen molar-refractivity contribution in [1.29, 1.82) is 0 Å². The normalized spacial score (nSPS) is 13.9. The van der Waals surface area contributed by atoms with Gasteiger partial charge in [0.25, 0.3) is 0 Å². The fourth-order valence-electron chi connectivity index (χ4n) is 2.95. The summed E-state index contributed by atoms with van der Waals surface area (Å²) in [5.74, 6) is -0.937. The first kappa shape index (κ1) is 21.3. The molecule has 0 atom stereocenters. The molecule has 4 nitrogen and oxygen atoms in total. The summed E-state index contributed by atoms with van der Waals surface area (Å²) in [6.45, 7) is 1.75. The van der Waals surface area contributed by atoms with Gasteiger partial charge in [-0.15, -0.1) is 11.3 Å². The second kappa shape index (κ2) is 9.47. The maximum Gasteiger partial charge on any atom is 0.147 e. The average molecular weight is 472 g/mol. The molecule has 3 aromatic rings. The number of nitrogens with zero attached hydrogens (tertiary/aromatic N) is 2. The van der Waals surface area contributed by atoms with Crippen LogP contribution < -0.4 is 9.46 Å². The summed E-state index contributed by atoms with van der Waals surface area (Å²) in [5.41, 5.74) is 2.03. The molecule has 30 heavy (non-hydrogen) atoms. The molecule has 1 N–H and O–H groups in total. The van der Waals surface area contributed by atoms with E-state index in [0.29, 0.717) is 12.4 Å². The second-order valence-electron chi connectivity index (χ2n) is 6.70. The standard InChI is InChI=1S/C20H17ClF3N3OS2/c21-14-6-19(30-26-20-10-29-11-25-20)17(24)7-18(14)28-9-13-12(8-27-4-1-5-27)15(22)2-3-16(13)23/h2-3,6-7,10-11,26H,1,4-5,8-9H2. The van der Waals surface area contributed by atoms with Crippen molar-refractivity contribution in [2.45, 2.75) is 24.5 Å². The van der Waals surface area contributed by atoms with E-state index in [1.54, 1.807) is 10.9 Å². The number of nitrogens with one attached hydrogen (secondary N) is 1. The summed E-state index contributed by atoms with van der Waals surface area (Å²) in [5, 5.41) is 1.95. The quantitative estimate of drug-likeness (QED) is 0.401. The number of ether oxygens (including phenoxy) is 1. The number of thiazole rings is 1. The van der Waals surface area contributed by atoms with Crippen molar-refractivity contribution < 1.29 is 17.9 Å². The van der Waals surface area contributed by atoms with E-state index in [1.807, 2.05) is 4.90 Å². The zero-order chi connectivity index (χ0) is 21.1. The molecule has 2 aromatic carbocycles. The van der Waals surface area contributed by atoms with Gasteiger partial charge in [0.05, 0.1) is 15.4 Å². The van der Waals surface area contributed by atoms with E-state index >= 15 is 0 Å². The summed E-state index contributed by atoms with van der Waals surface area (Å²) < 4.78 is 51.7. The number of likely N-dealkylation sites (tertiary alicyclic amines) is 1. The van der Waals surface area contributed by atoms with Gasteiger partial charge < -0.3 is 9.46 Å². The molecule has 1 saturated heterocycles. The van der Waals surface area contributed by atoms with Gasteiger partial charge in [-0.2, -0.15) is 0 Å². The molecule has 4 rings (SSSR count). The van der Waals surface area contributed by atoms with E-state index in [9.17, 15) is 13.2 Å². The Kier molecular flexibility index (Phi) is 6.72. The van der Waals surface area contributed by atoms with Crippen molar-refractivity contribution >= 4 is 40.7 Å². The SMILES string of the molecule is Fc1cc(OCc2c(F)ccc(F)c2CN2CCC2)c(Cl)cc1SNc1cscn1. The highest BCUT2D eigenvalue weighted by Gasteiger charge is 2.21. The third-order valence-electron chi connectivity index (χ3n) is 4.70. The molecule has 0 spiro atoms. The summed E-state index contributed by atoms with van der Waals surface area (Å²) in [6.07, 6.45) is 1.04. The fourth-order valence-corrected chi connectivity index (χ4v) is 4.45. The van der Waals surface area contributed by atoms with Crippen LogP contribution in [0.5, 0.6) is 5.75 Å². The Bertz CT molecular complexity index is 1030. The number of hydrogen-bond acceptors (Lipinski definition) is 6. The van der Waals surface area contributed by atoms with Gasteiger partial charge in [0.2, 0.25) is 0 Å². The van der Waals surface area contributed by atoms with Crippen LogP contribution in [-0.2, 0) is 13.2 Å². The fraction of sp³-hybridized carbons (Fsp3) is 0.250. The number of rotatable bonds is 8. The Morgan fingerprint density at radius 2 is 1.90 bits per heavy atom. The zero-order valence-electron chi connectivity index (χ0n) is 15.6. The molecule has 10 heteroatoms. The van der Waals surface area contributed by atoms with Gasteiger partial charge >= 0.3 is 0 Å². The van der Waals surface area contributed by atoms with Gasteiger partial charge in [-0.25, -0.2) is 18.2 Å². The monoisotopic (exact) mass is 471 g/mol. The van der Waals surface area contributed by atoms with Crippen molar-refractivity contribution in [3.8, 4) is 5.75 Å². The van der Waals surface area contributed by atoms with Gasteiger partial charge in [-0.3, -0.25) is 4.90 Å². The Balaban J connectivity index is 1.48. The van der Waals surface area contributed by atoms with E-state index in [2.05, 4.69) is 9.71 Å². The van der Waals surface area contributed by atoms with Crippen LogP contribution in [0.3, 0.4) is 0 Å². The van der Waals surface area contributed by atoms with Gasteiger partial charge in [0.15, 0.2) is 0 Å². The summed E-state index contributed by atoms with van der Waals surface area (Å²) in [7, 11) is 0. The Morgan fingerprint density at radius 1 is 1.13 bits per heavy atom. The van der Waals surface area contributed by atoms with Crippen LogP contribution in [-0.4, -0.2) is 23.0 Å². The third kappa shape index (κ3) is 4.85. The van der Waals surface area contributed by atoms with E-state index in [1.165, 1.54) is 17.4 Å². The van der Waals surface area contributed by atoms with E-state index in [0.717, 1.165) is 49.7 Å². The van der Waals surface area contributed by atoms with Gasteiger partial charge in [-0.1, -0.05) is 11.6 Å². The Hall–Kier alpha value is -1.94. The van der Waals surface area contributed by atoms with Crippen molar-refractivity contribution in [2.24, 2.45) is 0 Å². The van der Waals surface area contributed by atoms with Crippen LogP contribution >= 0.6 is 34.9 Å². The topological polar surface area (TPSA) is 37.4 Å². The lowest BCUT2D eigenvalue weighted by Gasteiger charge is -2.31. The molecule has 158 valence electrons. The number of anilines is 1. The first-order chi connectivity index (χ1) is 14.5. The lowest BCUT2D eigenvalue weighted by atomic mass is 10.0.